The third-order valence-corrected chi connectivity index (χ3v) is 6.98. The molecule has 220 valence electrons. The van der Waals surface area contributed by atoms with Crippen molar-refractivity contribution in [2.45, 2.75) is 65.0 Å². The number of rotatable bonds is 15. The second-order valence-electron chi connectivity index (χ2n) is 10.3. The summed E-state index contributed by atoms with van der Waals surface area (Å²) in [7, 11) is 0. The van der Waals surface area contributed by atoms with Crippen LogP contribution in [0.5, 0.6) is 0 Å². The van der Waals surface area contributed by atoms with E-state index in [1.54, 1.807) is 4.90 Å². The predicted molar refractivity (Wildman–Crippen MR) is 156 cm³/mol. The molecule has 0 saturated heterocycles. The van der Waals surface area contributed by atoms with Gasteiger partial charge in [-0.1, -0.05) is 45.0 Å². The molecule has 0 aliphatic heterocycles. The first-order valence-corrected chi connectivity index (χ1v) is 14.2. The molecule has 0 saturated carbocycles. The minimum Gasteiger partial charge on any atom is -0.391 e. The SMILES string of the molecule is CCCN(CCC)C(=O)c1cnc([C@H](Cc2cc(F)cc(F)c2)[C@@H](O)CNCc2cccc(CC)c2)c(C(N)=O)c1. The Balaban J connectivity index is 1.94. The second-order valence-corrected chi connectivity index (χ2v) is 10.3. The van der Waals surface area contributed by atoms with Crippen LogP contribution < -0.4 is 11.1 Å². The number of primary amides is 1. The number of carbonyl (C=O) groups excluding carboxylic acids is 2. The molecule has 1 heterocycles. The Hall–Kier alpha value is -3.69. The largest absolute Gasteiger partial charge is 0.391 e. The van der Waals surface area contributed by atoms with Crippen LogP contribution in [0.25, 0.3) is 0 Å². The van der Waals surface area contributed by atoms with E-state index >= 15 is 0 Å². The predicted octanol–water partition coefficient (Wildman–Crippen LogP) is 4.76. The van der Waals surface area contributed by atoms with Crippen molar-refractivity contribution in [1.29, 1.82) is 0 Å². The summed E-state index contributed by atoms with van der Waals surface area (Å²) < 4.78 is 28.1. The van der Waals surface area contributed by atoms with Crippen LogP contribution >= 0.6 is 0 Å². The number of aromatic nitrogens is 1. The van der Waals surface area contributed by atoms with Gasteiger partial charge in [0.15, 0.2) is 0 Å². The highest BCUT2D eigenvalue weighted by molar-refractivity contribution is 5.99. The number of nitrogens with zero attached hydrogens (tertiary/aromatic N) is 2. The van der Waals surface area contributed by atoms with Gasteiger partial charge in [-0.25, -0.2) is 8.78 Å². The fourth-order valence-electron chi connectivity index (χ4n) is 4.99. The summed E-state index contributed by atoms with van der Waals surface area (Å²) in [5.74, 6) is -3.43. The lowest BCUT2D eigenvalue weighted by atomic mass is 9.87. The van der Waals surface area contributed by atoms with Gasteiger partial charge in [0.1, 0.15) is 11.6 Å². The first-order chi connectivity index (χ1) is 19.7. The summed E-state index contributed by atoms with van der Waals surface area (Å²) >= 11 is 0. The molecule has 1 aromatic heterocycles. The van der Waals surface area contributed by atoms with Gasteiger partial charge < -0.3 is 21.1 Å². The number of aliphatic hydroxyl groups excluding tert-OH is 1. The molecule has 3 rings (SSSR count). The monoisotopic (exact) mass is 566 g/mol. The molecule has 2 atom stereocenters. The number of hydrogen-bond donors (Lipinski definition) is 3. The van der Waals surface area contributed by atoms with Crippen molar-refractivity contribution in [3.8, 4) is 0 Å². The number of nitrogens with one attached hydrogen (secondary N) is 1. The third kappa shape index (κ3) is 8.90. The maximum atomic E-state index is 14.0. The van der Waals surface area contributed by atoms with Gasteiger partial charge in [-0.15, -0.1) is 0 Å². The maximum absolute atomic E-state index is 14.0. The van der Waals surface area contributed by atoms with Crippen molar-refractivity contribution in [1.82, 2.24) is 15.2 Å². The Morgan fingerprint density at radius 2 is 1.63 bits per heavy atom. The number of aliphatic hydroxyl groups is 1. The standard InChI is InChI=1S/C32H40F2N4O3/c1-4-10-38(11-5-2)32(41)24-16-28(31(35)40)30(37-19-24)27(15-23-13-25(33)17-26(34)14-23)29(39)20-36-18-22-9-7-8-21(6-3)12-22/h7-9,12-14,16-17,19,27,29,36,39H,4-6,10-11,15,18,20H2,1-3H3,(H2,35,40)/t27-,29+/m1/s1. The molecule has 0 aliphatic rings. The number of halogens is 2. The normalized spacial score (nSPS) is 12.6. The van der Waals surface area contributed by atoms with E-state index in [9.17, 15) is 23.5 Å². The average molecular weight is 567 g/mol. The van der Waals surface area contributed by atoms with Crippen molar-refractivity contribution in [3.63, 3.8) is 0 Å². The maximum Gasteiger partial charge on any atom is 0.255 e. The molecule has 7 nitrogen and oxygen atoms in total. The molecular formula is C32H40F2N4O3. The van der Waals surface area contributed by atoms with Crippen molar-refractivity contribution in [3.05, 3.63) is 99.9 Å². The lowest BCUT2D eigenvalue weighted by Crippen LogP contribution is -2.35. The van der Waals surface area contributed by atoms with E-state index < -0.39 is 29.6 Å². The molecule has 9 heteroatoms. The summed E-state index contributed by atoms with van der Waals surface area (Å²) in [4.78, 5) is 31.9. The van der Waals surface area contributed by atoms with Crippen LogP contribution in [0.4, 0.5) is 8.78 Å². The van der Waals surface area contributed by atoms with E-state index in [-0.39, 0.29) is 41.3 Å². The molecular weight excluding hydrogens is 526 g/mol. The molecule has 0 bridgehead atoms. The fraction of sp³-hybridized carbons (Fsp3) is 0.406. The number of pyridine rings is 1. The quantitative estimate of drug-likeness (QED) is 0.246. The van der Waals surface area contributed by atoms with Gasteiger partial charge in [0, 0.05) is 44.4 Å². The van der Waals surface area contributed by atoms with Crippen LogP contribution in [0.2, 0.25) is 0 Å². The Labute approximate surface area is 240 Å². The summed E-state index contributed by atoms with van der Waals surface area (Å²) in [6.45, 7) is 7.73. The van der Waals surface area contributed by atoms with Gasteiger partial charge in [0.05, 0.1) is 22.9 Å². The van der Waals surface area contributed by atoms with Gasteiger partial charge in [-0.05, 0) is 60.6 Å². The van der Waals surface area contributed by atoms with Crippen LogP contribution in [-0.4, -0.2) is 52.5 Å². The summed E-state index contributed by atoms with van der Waals surface area (Å²) in [6, 6.07) is 12.6. The molecule has 0 aliphatic carbocycles. The summed E-state index contributed by atoms with van der Waals surface area (Å²) in [6.07, 6.45) is 2.71. The van der Waals surface area contributed by atoms with Crippen LogP contribution in [-0.2, 0) is 19.4 Å². The Kier molecular flexibility index (Phi) is 11.9. The van der Waals surface area contributed by atoms with Crippen LogP contribution in [0.3, 0.4) is 0 Å². The van der Waals surface area contributed by atoms with Gasteiger partial charge in [-0.3, -0.25) is 14.6 Å². The van der Waals surface area contributed by atoms with Crippen molar-refractivity contribution in [2.75, 3.05) is 19.6 Å². The second kappa shape index (κ2) is 15.3. The first-order valence-electron chi connectivity index (χ1n) is 14.2. The first kappa shape index (κ1) is 31.8. The smallest absolute Gasteiger partial charge is 0.255 e. The Morgan fingerprint density at radius 3 is 2.24 bits per heavy atom. The number of amides is 2. The minimum absolute atomic E-state index is 0.0127. The zero-order valence-corrected chi connectivity index (χ0v) is 24.0. The zero-order valence-electron chi connectivity index (χ0n) is 24.0. The highest BCUT2D eigenvalue weighted by Crippen LogP contribution is 2.28. The van der Waals surface area contributed by atoms with E-state index in [1.807, 2.05) is 32.0 Å². The topological polar surface area (TPSA) is 109 Å². The third-order valence-electron chi connectivity index (χ3n) is 6.98. The average Bonchev–Trinajstić information content (AvgIpc) is 2.94. The van der Waals surface area contributed by atoms with E-state index in [4.69, 9.17) is 5.73 Å². The summed E-state index contributed by atoms with van der Waals surface area (Å²) in [5.41, 5.74) is 8.63. The molecule has 2 amide bonds. The highest BCUT2D eigenvalue weighted by Gasteiger charge is 2.29. The van der Waals surface area contributed by atoms with E-state index in [1.165, 1.54) is 30.0 Å². The lowest BCUT2D eigenvalue weighted by Gasteiger charge is -2.26. The zero-order chi connectivity index (χ0) is 29.9. The lowest BCUT2D eigenvalue weighted by molar-refractivity contribution is 0.0755. The highest BCUT2D eigenvalue weighted by atomic mass is 19.1. The van der Waals surface area contributed by atoms with Crippen molar-refractivity contribution >= 4 is 11.8 Å². The van der Waals surface area contributed by atoms with Crippen molar-refractivity contribution in [2.24, 2.45) is 5.73 Å². The number of aryl methyl sites for hydroxylation is 1. The van der Waals surface area contributed by atoms with Gasteiger partial charge in [0.2, 0.25) is 0 Å². The van der Waals surface area contributed by atoms with Crippen LogP contribution in [0.15, 0.2) is 54.7 Å². The molecule has 3 aromatic rings. The minimum atomic E-state index is -1.10. The molecule has 0 unspecified atom stereocenters. The molecule has 2 aromatic carbocycles. The fourth-order valence-corrected chi connectivity index (χ4v) is 4.99. The van der Waals surface area contributed by atoms with Gasteiger partial charge >= 0.3 is 0 Å². The number of hydrogen-bond acceptors (Lipinski definition) is 5. The summed E-state index contributed by atoms with van der Waals surface area (Å²) in [5, 5.41) is 14.6. The number of nitrogens with two attached hydrogens (primary N) is 1. The van der Waals surface area contributed by atoms with E-state index in [2.05, 4.69) is 23.3 Å². The molecule has 0 spiro atoms. The van der Waals surface area contributed by atoms with E-state index in [0.29, 0.717) is 19.6 Å². The van der Waals surface area contributed by atoms with E-state index in [0.717, 1.165) is 30.9 Å². The van der Waals surface area contributed by atoms with Gasteiger partial charge in [-0.2, -0.15) is 0 Å². The number of carbonyl (C=O) groups is 2. The van der Waals surface area contributed by atoms with Crippen molar-refractivity contribution < 1.29 is 23.5 Å². The van der Waals surface area contributed by atoms with Crippen LogP contribution in [0, 0.1) is 11.6 Å². The van der Waals surface area contributed by atoms with Gasteiger partial charge in [0.25, 0.3) is 11.8 Å². The molecule has 0 fully saturated rings. The molecule has 4 N–H and O–H groups in total. The number of benzene rings is 2. The van der Waals surface area contributed by atoms with Crippen LogP contribution in [0.1, 0.15) is 82.6 Å². The Morgan fingerprint density at radius 1 is 0.976 bits per heavy atom. The molecule has 41 heavy (non-hydrogen) atoms. The Bertz CT molecular complexity index is 1310. The molecule has 0 radical (unpaired) electrons.